The molecule has 3 amide bonds. The highest BCUT2D eigenvalue weighted by Crippen LogP contribution is 2.60. The summed E-state index contributed by atoms with van der Waals surface area (Å²) in [5, 5.41) is 9.79. The molecule has 1 spiro atoms. The van der Waals surface area contributed by atoms with E-state index in [1.807, 2.05) is 67.6 Å². The fraction of sp³-hybridized carbons (Fsp3) is 0.432. The Morgan fingerprint density at radius 2 is 1.83 bits per heavy atom. The van der Waals surface area contributed by atoms with E-state index < -0.39 is 31.6 Å². The van der Waals surface area contributed by atoms with Crippen LogP contribution in [-0.4, -0.2) is 69.0 Å². The Labute approximate surface area is 282 Å². The van der Waals surface area contributed by atoms with E-state index in [0.717, 1.165) is 23.2 Å². The van der Waals surface area contributed by atoms with Crippen LogP contribution < -0.4 is 14.5 Å². The third-order valence-corrected chi connectivity index (χ3v) is 12.6. The number of hydrogen-bond acceptors (Lipinski definition) is 6. The Hall–Kier alpha value is -4.06. The molecule has 3 aromatic rings. The minimum absolute atomic E-state index is 0.0833. The Kier molecular flexibility index (Phi) is 9.48. The number of fused-ring (bicyclic) bond motifs is 2. The fourth-order valence-corrected chi connectivity index (χ4v) is 10.4. The molecule has 0 aliphatic carbocycles. The number of ether oxygens (including phenoxy) is 2. The number of hydrogen-bond donors (Lipinski definition) is 1. The summed E-state index contributed by atoms with van der Waals surface area (Å²) in [6.45, 7) is 6.16. The number of amides is 3. The lowest BCUT2D eigenvalue weighted by Crippen LogP contribution is -2.45. The van der Waals surface area contributed by atoms with Gasteiger partial charge in [-0.2, -0.15) is 0 Å². The van der Waals surface area contributed by atoms with Crippen molar-refractivity contribution in [3.63, 3.8) is 0 Å². The predicted molar refractivity (Wildman–Crippen MR) is 184 cm³/mol. The molecule has 0 unspecified atom stereocenters. The van der Waals surface area contributed by atoms with Crippen LogP contribution in [0.3, 0.4) is 0 Å². The SMILES string of the molecule is COc1ccc2c(c1)[C@@]1(O[C@H](CC(=O)N(CCO)Cc3ccccc3)[C@@H]([Si](C)(C)F)[C@@H]1C)C(=O)N2Cc1cccc(N2CCCC2=O)c1. The smallest absolute Gasteiger partial charge is 0.264 e. The summed E-state index contributed by atoms with van der Waals surface area (Å²) < 4.78 is 28.8. The monoisotopic (exact) mass is 673 g/mol. The van der Waals surface area contributed by atoms with Crippen LogP contribution in [0.15, 0.2) is 72.8 Å². The number of anilines is 2. The number of aliphatic hydroxyl groups is 1. The topological polar surface area (TPSA) is 99.6 Å². The summed E-state index contributed by atoms with van der Waals surface area (Å²) in [7, 11) is -1.97. The van der Waals surface area contributed by atoms with Crippen LogP contribution in [0, 0.1) is 5.92 Å². The van der Waals surface area contributed by atoms with Crippen molar-refractivity contribution in [2.75, 3.05) is 36.6 Å². The molecule has 2 saturated heterocycles. The van der Waals surface area contributed by atoms with Crippen molar-refractivity contribution < 1.29 is 33.1 Å². The molecule has 0 radical (unpaired) electrons. The second-order valence-electron chi connectivity index (χ2n) is 13.6. The number of nitrogens with zero attached hydrogens (tertiary/aromatic N) is 3. The fourth-order valence-electron chi connectivity index (χ4n) is 7.95. The molecule has 2 fully saturated rings. The van der Waals surface area contributed by atoms with E-state index in [0.29, 0.717) is 36.5 Å². The predicted octanol–water partition coefficient (Wildman–Crippen LogP) is 5.56. The zero-order valence-electron chi connectivity index (χ0n) is 28.0. The van der Waals surface area contributed by atoms with Gasteiger partial charge < -0.3 is 33.4 Å². The first-order valence-electron chi connectivity index (χ1n) is 16.7. The van der Waals surface area contributed by atoms with Gasteiger partial charge in [0.2, 0.25) is 20.2 Å². The molecule has 0 bridgehead atoms. The number of methoxy groups -OCH3 is 1. The van der Waals surface area contributed by atoms with Crippen LogP contribution in [-0.2, 0) is 37.8 Å². The van der Waals surface area contributed by atoms with E-state index in [1.54, 1.807) is 47.0 Å². The van der Waals surface area contributed by atoms with Gasteiger partial charge in [-0.05, 0) is 61.0 Å². The van der Waals surface area contributed by atoms with Gasteiger partial charge in [0.1, 0.15) is 5.75 Å². The second kappa shape index (κ2) is 13.4. The van der Waals surface area contributed by atoms with Gasteiger partial charge in [0.05, 0.1) is 38.5 Å². The minimum atomic E-state index is -3.52. The highest BCUT2D eigenvalue weighted by atomic mass is 28.4. The normalized spacial score (nSPS) is 23.7. The quantitative estimate of drug-likeness (QED) is 0.212. The van der Waals surface area contributed by atoms with Gasteiger partial charge in [-0.25, -0.2) is 0 Å². The highest BCUT2D eigenvalue weighted by molar-refractivity contribution is 6.72. The van der Waals surface area contributed by atoms with Gasteiger partial charge >= 0.3 is 0 Å². The van der Waals surface area contributed by atoms with Crippen molar-refractivity contribution in [2.24, 2.45) is 5.92 Å². The highest BCUT2D eigenvalue weighted by Gasteiger charge is 2.67. The maximum atomic E-state index is 16.4. The summed E-state index contributed by atoms with van der Waals surface area (Å²) in [4.78, 5) is 46.2. The Morgan fingerprint density at radius 1 is 1.08 bits per heavy atom. The van der Waals surface area contributed by atoms with E-state index >= 15 is 4.11 Å². The van der Waals surface area contributed by atoms with Crippen LogP contribution in [0.25, 0.3) is 0 Å². The van der Waals surface area contributed by atoms with Crippen LogP contribution >= 0.6 is 0 Å². The summed E-state index contributed by atoms with van der Waals surface area (Å²) in [5.41, 5.74) is 1.60. The van der Waals surface area contributed by atoms with E-state index in [4.69, 9.17) is 9.47 Å². The number of carbonyl (C=O) groups excluding carboxylic acids is 3. The molecule has 3 aliphatic heterocycles. The average molecular weight is 674 g/mol. The molecule has 1 N–H and O–H groups in total. The third-order valence-electron chi connectivity index (χ3n) is 10.1. The second-order valence-corrected chi connectivity index (χ2v) is 17.4. The van der Waals surface area contributed by atoms with Crippen LogP contribution in [0.4, 0.5) is 15.5 Å². The van der Waals surface area contributed by atoms with E-state index in [9.17, 15) is 19.5 Å². The molecule has 3 aromatic carbocycles. The van der Waals surface area contributed by atoms with E-state index in [2.05, 4.69) is 0 Å². The maximum Gasteiger partial charge on any atom is 0.264 e. The maximum absolute atomic E-state index is 16.4. The number of benzene rings is 3. The largest absolute Gasteiger partial charge is 0.497 e. The zero-order valence-corrected chi connectivity index (χ0v) is 29.0. The molecular weight excluding hydrogens is 630 g/mol. The molecular formula is C37H44FN3O6Si. The van der Waals surface area contributed by atoms with Gasteiger partial charge in [0, 0.05) is 48.8 Å². The molecule has 3 aliphatic rings. The molecule has 6 rings (SSSR count). The Morgan fingerprint density at radius 3 is 2.50 bits per heavy atom. The number of aliphatic hydroxyl groups excluding tert-OH is 1. The van der Waals surface area contributed by atoms with Gasteiger partial charge in [-0.15, -0.1) is 0 Å². The van der Waals surface area contributed by atoms with Gasteiger partial charge in [0.15, 0.2) is 5.60 Å². The molecule has 254 valence electrons. The van der Waals surface area contributed by atoms with Crippen molar-refractivity contribution in [3.8, 4) is 5.75 Å². The summed E-state index contributed by atoms with van der Waals surface area (Å²) in [6, 6.07) is 22.6. The Bertz CT molecular complexity index is 1680. The molecule has 4 atom stereocenters. The van der Waals surface area contributed by atoms with Crippen molar-refractivity contribution in [1.82, 2.24) is 4.90 Å². The molecule has 0 aromatic heterocycles. The Balaban J connectivity index is 1.35. The van der Waals surface area contributed by atoms with Gasteiger partial charge in [-0.3, -0.25) is 14.4 Å². The minimum Gasteiger partial charge on any atom is -0.497 e. The van der Waals surface area contributed by atoms with Crippen LogP contribution in [0.5, 0.6) is 5.75 Å². The lowest BCUT2D eigenvalue weighted by atomic mass is 9.82. The number of rotatable bonds is 11. The summed E-state index contributed by atoms with van der Waals surface area (Å²) in [5.74, 6) is -0.542. The van der Waals surface area contributed by atoms with Crippen molar-refractivity contribution >= 4 is 37.5 Å². The third kappa shape index (κ3) is 6.15. The number of carbonyl (C=O) groups is 3. The average Bonchev–Trinajstić information content (AvgIpc) is 3.70. The molecule has 3 heterocycles. The standard InChI is InChI=1S/C37H44FN3O6Si/c1-25-35(48(3,4)38)32(22-34(44)39(18-19-42)23-26-10-6-5-7-11-26)47-37(25)30-21-29(46-2)15-16-31(30)41(36(37)45)24-27-12-8-13-28(20-27)40-17-9-14-33(40)43/h5-8,10-13,15-16,20-21,25,32,35,42H,9,14,17-19,22-24H2,1-4H3/t25-,32+,35-,37+/m0/s1. The lowest BCUT2D eigenvalue weighted by molar-refractivity contribution is -0.150. The molecule has 11 heteroatoms. The molecule has 9 nitrogen and oxygen atoms in total. The van der Waals surface area contributed by atoms with Crippen molar-refractivity contribution in [3.05, 3.63) is 89.5 Å². The number of halogens is 1. The van der Waals surface area contributed by atoms with E-state index in [1.165, 1.54) is 0 Å². The lowest BCUT2D eigenvalue weighted by Gasteiger charge is -2.31. The first kappa shape index (κ1) is 33.8. The van der Waals surface area contributed by atoms with Crippen molar-refractivity contribution in [1.29, 1.82) is 0 Å². The molecule has 0 saturated carbocycles. The molecule has 48 heavy (non-hydrogen) atoms. The zero-order chi connectivity index (χ0) is 34.2. The van der Waals surface area contributed by atoms with Crippen LogP contribution in [0.2, 0.25) is 18.6 Å². The van der Waals surface area contributed by atoms with Crippen molar-refractivity contribution in [2.45, 2.75) is 69.6 Å². The first-order chi connectivity index (χ1) is 23.0. The van der Waals surface area contributed by atoms with Gasteiger partial charge in [0.25, 0.3) is 5.91 Å². The van der Waals surface area contributed by atoms with E-state index in [-0.39, 0.29) is 43.8 Å². The van der Waals surface area contributed by atoms with Gasteiger partial charge in [-0.1, -0.05) is 49.4 Å². The van der Waals surface area contributed by atoms with Crippen LogP contribution in [0.1, 0.15) is 42.9 Å². The first-order valence-corrected chi connectivity index (χ1v) is 19.6. The summed E-state index contributed by atoms with van der Waals surface area (Å²) in [6.07, 6.45) is 0.348. The summed E-state index contributed by atoms with van der Waals surface area (Å²) >= 11 is 0.